The molecule has 0 saturated carbocycles. The largest absolute Gasteiger partial charge is 0.573 e. The van der Waals surface area contributed by atoms with Gasteiger partial charge in [0.25, 0.3) is 5.91 Å². The molecule has 0 fully saturated rings. The number of carbonyl (C=O) groups is 2. The van der Waals surface area contributed by atoms with E-state index in [-0.39, 0.29) is 28.3 Å². The van der Waals surface area contributed by atoms with Gasteiger partial charge in [0.2, 0.25) is 5.91 Å². The van der Waals surface area contributed by atoms with Crippen LogP contribution in [0.1, 0.15) is 50.0 Å². The predicted octanol–water partition coefficient (Wildman–Crippen LogP) is 4.20. The Bertz CT molecular complexity index is 1200. The van der Waals surface area contributed by atoms with E-state index in [4.69, 9.17) is 0 Å². The van der Waals surface area contributed by atoms with E-state index in [9.17, 15) is 31.5 Å². The van der Waals surface area contributed by atoms with E-state index in [1.165, 1.54) is 19.9 Å². The minimum absolute atomic E-state index is 0.125. The average molecular weight is 518 g/mol. The van der Waals surface area contributed by atoms with E-state index in [2.05, 4.69) is 15.0 Å². The molecule has 2 amide bonds. The van der Waals surface area contributed by atoms with Gasteiger partial charge in [-0.1, -0.05) is 6.92 Å². The van der Waals surface area contributed by atoms with Crippen molar-refractivity contribution in [1.82, 2.24) is 10.3 Å². The summed E-state index contributed by atoms with van der Waals surface area (Å²) in [5.74, 6) is -3.26. The molecule has 1 aliphatic rings. The van der Waals surface area contributed by atoms with Gasteiger partial charge in [0.1, 0.15) is 11.6 Å². The number of benzene rings is 1. The van der Waals surface area contributed by atoms with Crippen LogP contribution in [-0.4, -0.2) is 43.2 Å². The summed E-state index contributed by atoms with van der Waals surface area (Å²) in [5, 5.41) is 2.63. The van der Waals surface area contributed by atoms with Gasteiger partial charge in [0.05, 0.1) is 40.5 Å². The van der Waals surface area contributed by atoms with Crippen LogP contribution in [0.5, 0.6) is 5.75 Å². The van der Waals surface area contributed by atoms with Crippen molar-refractivity contribution in [2.75, 3.05) is 10.7 Å². The van der Waals surface area contributed by atoms with Gasteiger partial charge >= 0.3 is 6.36 Å². The molecular formula is C22H23F4N3O5S. The summed E-state index contributed by atoms with van der Waals surface area (Å²) >= 11 is -2.19. The molecule has 35 heavy (non-hydrogen) atoms. The van der Waals surface area contributed by atoms with Gasteiger partial charge in [0.15, 0.2) is 11.1 Å². The molecule has 0 spiro atoms. The molecule has 2 aromatic rings. The van der Waals surface area contributed by atoms with Gasteiger partial charge < -0.3 is 14.6 Å². The van der Waals surface area contributed by atoms with Crippen LogP contribution in [0.15, 0.2) is 30.6 Å². The zero-order valence-electron chi connectivity index (χ0n) is 19.2. The molecule has 1 aromatic heterocycles. The van der Waals surface area contributed by atoms with E-state index >= 15 is 4.39 Å². The van der Waals surface area contributed by atoms with E-state index in [0.717, 1.165) is 29.4 Å². The first-order valence-corrected chi connectivity index (χ1v) is 11.6. The fourth-order valence-corrected chi connectivity index (χ4v) is 4.56. The number of hydrogen-bond donors (Lipinski definition) is 2. The molecule has 3 rings (SSSR count). The molecule has 1 aromatic carbocycles. The summed E-state index contributed by atoms with van der Waals surface area (Å²) in [6, 6.07) is 3.12. The highest BCUT2D eigenvalue weighted by Gasteiger charge is 2.47. The smallest absolute Gasteiger partial charge is 0.404 e. The zero-order valence-corrected chi connectivity index (χ0v) is 20.0. The van der Waals surface area contributed by atoms with Crippen molar-refractivity contribution in [1.29, 1.82) is 0 Å². The quantitative estimate of drug-likeness (QED) is 0.421. The Morgan fingerprint density at radius 2 is 1.91 bits per heavy atom. The Hall–Kier alpha value is -3.06. The third-order valence-corrected chi connectivity index (χ3v) is 6.67. The van der Waals surface area contributed by atoms with E-state index in [1.54, 1.807) is 13.8 Å². The molecule has 0 saturated heterocycles. The van der Waals surface area contributed by atoms with E-state index < -0.39 is 51.8 Å². The van der Waals surface area contributed by atoms with Crippen molar-refractivity contribution in [3.05, 3.63) is 47.5 Å². The van der Waals surface area contributed by atoms with Crippen LogP contribution in [0.4, 0.5) is 28.9 Å². The summed E-state index contributed by atoms with van der Waals surface area (Å²) < 4.78 is 77.6. The molecule has 1 unspecified atom stereocenters. The first-order chi connectivity index (χ1) is 16.1. The number of nitrogens with zero attached hydrogens (tertiary/aromatic N) is 2. The minimum Gasteiger partial charge on any atom is -0.404 e. The van der Waals surface area contributed by atoms with Gasteiger partial charge in [-0.25, -0.2) is 8.60 Å². The zero-order chi connectivity index (χ0) is 26.3. The lowest BCUT2D eigenvalue weighted by Crippen LogP contribution is -2.49. The molecule has 13 heteroatoms. The topological polar surface area (TPSA) is 109 Å². The maximum atomic E-state index is 15.4. The van der Waals surface area contributed by atoms with Crippen LogP contribution >= 0.6 is 0 Å². The van der Waals surface area contributed by atoms with Crippen LogP contribution < -0.4 is 15.0 Å². The first-order valence-electron chi connectivity index (χ1n) is 10.4. The second kappa shape index (κ2) is 9.19. The Kier molecular flexibility index (Phi) is 6.97. The number of carbonyl (C=O) groups excluding carboxylic acids is 2. The lowest BCUT2D eigenvalue weighted by atomic mass is 9.85. The van der Waals surface area contributed by atoms with E-state index in [0.29, 0.717) is 6.42 Å². The fourth-order valence-electron chi connectivity index (χ4n) is 3.74. The average Bonchev–Trinajstić information content (AvgIpc) is 2.93. The second-order valence-electron chi connectivity index (χ2n) is 8.88. The van der Waals surface area contributed by atoms with Crippen molar-refractivity contribution in [3.63, 3.8) is 0 Å². The molecule has 2 heterocycles. The molecule has 2 N–H and O–H groups in total. The van der Waals surface area contributed by atoms with Gasteiger partial charge in [0, 0.05) is 11.6 Å². The first kappa shape index (κ1) is 26.5. The van der Waals surface area contributed by atoms with Gasteiger partial charge in [-0.15, -0.1) is 13.2 Å². The maximum Gasteiger partial charge on any atom is 0.573 e. The number of ether oxygens (including phenoxy) is 1. The summed E-state index contributed by atoms with van der Waals surface area (Å²) in [6.45, 7) is 6.26. The van der Waals surface area contributed by atoms with Crippen molar-refractivity contribution >= 4 is 34.3 Å². The molecule has 190 valence electrons. The van der Waals surface area contributed by atoms with Crippen LogP contribution in [0.25, 0.3) is 0 Å². The number of nitrogens with one attached hydrogen (secondary N) is 1. The number of fused-ring (bicyclic) bond motifs is 1. The van der Waals surface area contributed by atoms with E-state index in [1.807, 2.05) is 0 Å². The number of amides is 2. The number of aromatic nitrogens is 1. The number of pyridine rings is 1. The second-order valence-corrected chi connectivity index (χ2v) is 9.81. The monoisotopic (exact) mass is 517 g/mol. The third kappa shape index (κ3) is 5.45. The normalized spacial score (nSPS) is 17.5. The third-order valence-electron chi connectivity index (χ3n) is 5.79. The Morgan fingerprint density at radius 3 is 2.49 bits per heavy atom. The highest BCUT2D eigenvalue weighted by molar-refractivity contribution is 7.79. The molecule has 0 bridgehead atoms. The molecule has 0 aliphatic carbocycles. The summed E-state index contributed by atoms with van der Waals surface area (Å²) in [6.07, 6.45) is -2.78. The SMILES string of the molecule is CC[C@@](C)(CS(=O)O)NC(=O)c1cc(F)c2c(c1)C(C)(C)C(=O)N2c1cncc(OC(F)(F)F)c1. The van der Waals surface area contributed by atoms with Crippen LogP contribution in [0.3, 0.4) is 0 Å². The van der Waals surface area contributed by atoms with Crippen molar-refractivity contribution in [2.24, 2.45) is 0 Å². The molecule has 2 atom stereocenters. The number of rotatable bonds is 7. The summed E-state index contributed by atoms with van der Waals surface area (Å²) in [5.41, 5.74) is -2.75. The van der Waals surface area contributed by atoms with Gasteiger partial charge in [-0.2, -0.15) is 0 Å². The van der Waals surface area contributed by atoms with Crippen molar-refractivity contribution in [3.8, 4) is 5.75 Å². The maximum absolute atomic E-state index is 15.4. The summed E-state index contributed by atoms with van der Waals surface area (Å²) in [4.78, 5) is 30.7. The van der Waals surface area contributed by atoms with Gasteiger partial charge in [-0.05, 0) is 44.9 Å². The Balaban J connectivity index is 2.04. The Labute approximate surface area is 201 Å². The van der Waals surface area contributed by atoms with Crippen molar-refractivity contribution in [2.45, 2.75) is 51.4 Å². The minimum atomic E-state index is -4.99. The lowest BCUT2D eigenvalue weighted by molar-refractivity contribution is -0.274. The number of halogens is 4. The molecule has 0 radical (unpaired) electrons. The standard InChI is InChI=1S/C22H23F4N3O5S/c1-5-21(4,11-35(32)33)28-18(30)12-6-15-17(16(23)7-12)29(19(31)20(15,2)3)13-8-14(10-27-9-13)34-22(24,25)26/h6-10H,5,11H2,1-4H3,(H,28,30)(H,32,33)/t21-/m0/s1. The van der Waals surface area contributed by atoms with Crippen LogP contribution in [0, 0.1) is 5.82 Å². The van der Waals surface area contributed by atoms with Crippen molar-refractivity contribution < 1.29 is 40.6 Å². The highest BCUT2D eigenvalue weighted by atomic mass is 32.2. The van der Waals surface area contributed by atoms with Crippen LogP contribution in [-0.2, 0) is 21.3 Å². The molecule has 8 nitrogen and oxygen atoms in total. The van der Waals surface area contributed by atoms with Gasteiger partial charge in [-0.3, -0.25) is 19.5 Å². The Morgan fingerprint density at radius 1 is 1.26 bits per heavy atom. The lowest BCUT2D eigenvalue weighted by Gasteiger charge is -2.28. The molecular weight excluding hydrogens is 494 g/mol. The highest BCUT2D eigenvalue weighted by Crippen LogP contribution is 2.47. The number of hydrogen-bond acceptors (Lipinski definition) is 5. The predicted molar refractivity (Wildman–Crippen MR) is 119 cm³/mol. The summed E-state index contributed by atoms with van der Waals surface area (Å²) in [7, 11) is 0. The number of alkyl halides is 3. The van der Waals surface area contributed by atoms with Crippen LogP contribution in [0.2, 0.25) is 0 Å². The molecule has 1 aliphatic heterocycles. The number of anilines is 2. The fraction of sp³-hybridized carbons (Fsp3) is 0.409.